The van der Waals surface area contributed by atoms with Gasteiger partial charge in [0, 0.05) is 23.8 Å². The molecule has 0 saturated carbocycles. The SMILES string of the molecule is O=C(COc1ccc(Cl)cc1)NCCN1C(=O)Cc2ccccc21. The maximum atomic E-state index is 12.0. The second-order valence-corrected chi connectivity index (χ2v) is 5.88. The zero-order valence-electron chi connectivity index (χ0n) is 13.0. The number of anilines is 1. The molecule has 0 saturated heterocycles. The number of carbonyl (C=O) groups excluding carboxylic acids is 2. The number of hydrogen-bond acceptors (Lipinski definition) is 3. The molecule has 0 unspecified atom stereocenters. The number of para-hydroxylation sites is 1. The first kappa shape index (κ1) is 16.3. The minimum atomic E-state index is -0.232. The van der Waals surface area contributed by atoms with Gasteiger partial charge in [-0.3, -0.25) is 9.59 Å². The summed E-state index contributed by atoms with van der Waals surface area (Å²) in [6.07, 6.45) is 0.420. The van der Waals surface area contributed by atoms with E-state index in [1.54, 1.807) is 29.2 Å². The van der Waals surface area contributed by atoms with Crippen LogP contribution in [0.25, 0.3) is 0 Å². The van der Waals surface area contributed by atoms with E-state index in [1.807, 2.05) is 24.3 Å². The van der Waals surface area contributed by atoms with Gasteiger partial charge in [-0.25, -0.2) is 0 Å². The van der Waals surface area contributed by atoms with E-state index in [9.17, 15) is 9.59 Å². The zero-order chi connectivity index (χ0) is 16.9. The molecule has 0 atom stereocenters. The molecule has 3 rings (SSSR count). The summed E-state index contributed by atoms with van der Waals surface area (Å²) in [7, 11) is 0. The van der Waals surface area contributed by atoms with Crippen molar-refractivity contribution in [2.75, 3.05) is 24.6 Å². The number of fused-ring (bicyclic) bond motifs is 1. The summed E-state index contributed by atoms with van der Waals surface area (Å²) in [4.78, 5) is 25.5. The van der Waals surface area contributed by atoms with Gasteiger partial charge in [0.1, 0.15) is 5.75 Å². The fraction of sp³-hybridized carbons (Fsp3) is 0.222. The Morgan fingerprint density at radius 1 is 1.17 bits per heavy atom. The largest absolute Gasteiger partial charge is 0.484 e. The van der Waals surface area contributed by atoms with Crippen LogP contribution in [0.2, 0.25) is 5.02 Å². The van der Waals surface area contributed by atoms with E-state index >= 15 is 0 Å². The molecule has 2 aromatic carbocycles. The molecule has 2 aromatic rings. The van der Waals surface area contributed by atoms with Gasteiger partial charge in [-0.15, -0.1) is 0 Å². The molecular weight excluding hydrogens is 328 g/mol. The highest BCUT2D eigenvalue weighted by Crippen LogP contribution is 2.27. The van der Waals surface area contributed by atoms with E-state index in [4.69, 9.17) is 16.3 Å². The number of halogens is 1. The first-order valence-electron chi connectivity index (χ1n) is 7.67. The summed E-state index contributed by atoms with van der Waals surface area (Å²) >= 11 is 5.79. The molecule has 24 heavy (non-hydrogen) atoms. The highest BCUT2D eigenvalue weighted by atomic mass is 35.5. The Kier molecular flexibility index (Phi) is 5.01. The topological polar surface area (TPSA) is 58.6 Å². The van der Waals surface area contributed by atoms with Crippen LogP contribution in [0.4, 0.5) is 5.69 Å². The molecule has 0 aromatic heterocycles. The van der Waals surface area contributed by atoms with Gasteiger partial charge >= 0.3 is 0 Å². The van der Waals surface area contributed by atoms with E-state index < -0.39 is 0 Å². The van der Waals surface area contributed by atoms with Crippen LogP contribution in [0.3, 0.4) is 0 Å². The van der Waals surface area contributed by atoms with Crippen molar-refractivity contribution in [1.29, 1.82) is 0 Å². The molecule has 1 aliphatic rings. The average molecular weight is 345 g/mol. The lowest BCUT2D eigenvalue weighted by atomic mass is 10.2. The number of rotatable bonds is 6. The number of nitrogens with one attached hydrogen (secondary N) is 1. The van der Waals surface area contributed by atoms with Crippen LogP contribution in [0.15, 0.2) is 48.5 Å². The first-order chi connectivity index (χ1) is 11.6. The number of ether oxygens (including phenoxy) is 1. The molecule has 0 fully saturated rings. The molecule has 1 aliphatic heterocycles. The number of amides is 2. The molecule has 0 radical (unpaired) electrons. The third kappa shape index (κ3) is 3.86. The van der Waals surface area contributed by atoms with Crippen LogP contribution in [0, 0.1) is 0 Å². The lowest BCUT2D eigenvalue weighted by Crippen LogP contribution is -2.38. The van der Waals surface area contributed by atoms with Crippen molar-refractivity contribution in [2.45, 2.75) is 6.42 Å². The van der Waals surface area contributed by atoms with Crippen molar-refractivity contribution in [1.82, 2.24) is 5.32 Å². The Balaban J connectivity index is 1.44. The standard InChI is InChI=1S/C18H17ClN2O3/c19-14-5-7-15(8-6-14)24-12-17(22)20-9-10-21-16-4-2-1-3-13(16)11-18(21)23/h1-8H,9-12H2,(H,20,22). The van der Waals surface area contributed by atoms with Gasteiger partial charge in [-0.2, -0.15) is 0 Å². The van der Waals surface area contributed by atoms with E-state index in [-0.39, 0.29) is 18.4 Å². The molecule has 2 amide bonds. The Hall–Kier alpha value is -2.53. The minimum Gasteiger partial charge on any atom is -0.484 e. The molecule has 1 N–H and O–H groups in total. The highest BCUT2D eigenvalue weighted by molar-refractivity contribution is 6.30. The number of benzene rings is 2. The fourth-order valence-electron chi connectivity index (χ4n) is 2.60. The second-order valence-electron chi connectivity index (χ2n) is 5.44. The fourth-order valence-corrected chi connectivity index (χ4v) is 2.73. The predicted octanol–water partition coefficient (Wildman–Crippen LogP) is 2.42. The molecule has 1 heterocycles. The van der Waals surface area contributed by atoms with Crippen molar-refractivity contribution in [3.8, 4) is 5.75 Å². The van der Waals surface area contributed by atoms with Crippen molar-refractivity contribution in [2.24, 2.45) is 0 Å². The zero-order valence-corrected chi connectivity index (χ0v) is 13.8. The van der Waals surface area contributed by atoms with Gasteiger partial charge in [-0.05, 0) is 35.9 Å². The van der Waals surface area contributed by atoms with Crippen LogP contribution in [-0.2, 0) is 16.0 Å². The second kappa shape index (κ2) is 7.36. The van der Waals surface area contributed by atoms with E-state index in [0.717, 1.165) is 11.3 Å². The molecule has 0 aliphatic carbocycles. The lowest BCUT2D eigenvalue weighted by Gasteiger charge is -2.17. The predicted molar refractivity (Wildman–Crippen MR) is 92.5 cm³/mol. The quantitative estimate of drug-likeness (QED) is 0.875. The third-order valence-corrected chi connectivity index (χ3v) is 4.02. The maximum Gasteiger partial charge on any atom is 0.258 e. The van der Waals surface area contributed by atoms with Gasteiger partial charge < -0.3 is 15.0 Å². The molecule has 5 nitrogen and oxygen atoms in total. The van der Waals surface area contributed by atoms with Crippen LogP contribution >= 0.6 is 11.6 Å². The lowest BCUT2D eigenvalue weighted by molar-refractivity contribution is -0.123. The Labute approximate surface area is 145 Å². The number of hydrogen-bond donors (Lipinski definition) is 1. The van der Waals surface area contributed by atoms with Crippen molar-refractivity contribution in [3.63, 3.8) is 0 Å². The third-order valence-electron chi connectivity index (χ3n) is 3.77. The average Bonchev–Trinajstić information content (AvgIpc) is 2.90. The van der Waals surface area contributed by atoms with Gasteiger partial charge in [0.15, 0.2) is 6.61 Å². The van der Waals surface area contributed by atoms with Gasteiger partial charge in [0.05, 0.1) is 6.42 Å². The van der Waals surface area contributed by atoms with Crippen molar-refractivity contribution >= 4 is 29.1 Å². The van der Waals surface area contributed by atoms with Crippen LogP contribution < -0.4 is 15.0 Å². The number of nitrogens with zero attached hydrogens (tertiary/aromatic N) is 1. The summed E-state index contributed by atoms with van der Waals surface area (Å²) in [5, 5.41) is 3.37. The van der Waals surface area contributed by atoms with E-state index in [2.05, 4.69) is 5.32 Å². The maximum absolute atomic E-state index is 12.0. The van der Waals surface area contributed by atoms with E-state index in [1.165, 1.54) is 0 Å². The summed E-state index contributed by atoms with van der Waals surface area (Å²) in [5.74, 6) is 0.408. The van der Waals surface area contributed by atoms with Crippen LogP contribution in [0.5, 0.6) is 5.75 Å². The normalized spacial score (nSPS) is 12.9. The van der Waals surface area contributed by atoms with Gasteiger partial charge in [0.25, 0.3) is 5.91 Å². The van der Waals surface area contributed by atoms with Crippen molar-refractivity contribution < 1.29 is 14.3 Å². The minimum absolute atomic E-state index is 0.0582. The van der Waals surface area contributed by atoms with Gasteiger partial charge in [0.2, 0.25) is 5.91 Å². The summed E-state index contributed by atoms with van der Waals surface area (Å²) in [6.45, 7) is 0.748. The van der Waals surface area contributed by atoms with Crippen LogP contribution in [0.1, 0.15) is 5.56 Å². The summed E-state index contributed by atoms with van der Waals surface area (Å²) in [5.41, 5.74) is 1.95. The molecular formula is C18H17ClN2O3. The molecule has 6 heteroatoms. The Morgan fingerprint density at radius 3 is 2.71 bits per heavy atom. The monoisotopic (exact) mass is 344 g/mol. The molecule has 0 bridgehead atoms. The highest BCUT2D eigenvalue weighted by Gasteiger charge is 2.26. The summed E-state index contributed by atoms with van der Waals surface area (Å²) in [6, 6.07) is 14.5. The number of carbonyl (C=O) groups is 2. The first-order valence-corrected chi connectivity index (χ1v) is 8.04. The molecule has 124 valence electrons. The smallest absolute Gasteiger partial charge is 0.258 e. The van der Waals surface area contributed by atoms with Crippen molar-refractivity contribution in [3.05, 3.63) is 59.1 Å². The summed E-state index contributed by atoms with van der Waals surface area (Å²) < 4.78 is 5.37. The molecule has 0 spiro atoms. The van der Waals surface area contributed by atoms with E-state index in [0.29, 0.717) is 30.3 Å². The Bertz CT molecular complexity index is 746. The Morgan fingerprint density at radius 2 is 1.92 bits per heavy atom. The van der Waals surface area contributed by atoms with Crippen LogP contribution in [-0.4, -0.2) is 31.5 Å². The van der Waals surface area contributed by atoms with Gasteiger partial charge in [-0.1, -0.05) is 29.8 Å².